The van der Waals surface area contributed by atoms with E-state index in [9.17, 15) is 9.59 Å². The number of allylic oxidation sites excluding steroid dienone is 11. The lowest BCUT2D eigenvalue weighted by atomic mass is 9.70. The van der Waals surface area contributed by atoms with Crippen molar-refractivity contribution in [3.8, 4) is 0 Å². The molecule has 0 bridgehead atoms. The zero-order valence-electron chi connectivity index (χ0n) is 31.6. The Morgan fingerprint density at radius 3 is 1.19 bits per heavy atom. The summed E-state index contributed by atoms with van der Waals surface area (Å²) in [5, 5.41) is 0. The molecule has 0 spiro atoms. The molecule has 0 saturated carbocycles. The van der Waals surface area contributed by atoms with Gasteiger partial charge < -0.3 is 0 Å². The Morgan fingerprint density at radius 1 is 0.468 bits per heavy atom. The highest BCUT2D eigenvalue weighted by Gasteiger charge is 2.37. The molecule has 0 atom stereocenters. The molecule has 1 aromatic carbocycles. The van der Waals surface area contributed by atoms with Gasteiger partial charge in [-0.25, -0.2) is 0 Å². The van der Waals surface area contributed by atoms with Crippen LogP contribution in [-0.2, 0) is 9.59 Å². The Hall–Kier alpha value is -3.30. The maximum absolute atomic E-state index is 13.9. The summed E-state index contributed by atoms with van der Waals surface area (Å²) in [6.45, 7) is 32.3. The maximum Gasteiger partial charge on any atom is 0.186 e. The number of ketones is 2. The third-order valence-corrected chi connectivity index (χ3v) is 10.0. The van der Waals surface area contributed by atoms with Crippen LogP contribution < -0.4 is 0 Å². The summed E-state index contributed by atoms with van der Waals surface area (Å²) < 4.78 is 0. The molecule has 3 heteroatoms. The number of hydrogen-bond donors (Lipinski definition) is 0. The van der Waals surface area contributed by atoms with E-state index in [1.165, 1.54) is 10.5 Å². The second-order valence-electron chi connectivity index (χ2n) is 18.3. The van der Waals surface area contributed by atoms with Gasteiger partial charge in [0.05, 0.1) is 0 Å². The van der Waals surface area contributed by atoms with Crippen molar-refractivity contribution in [2.45, 2.75) is 104 Å². The van der Waals surface area contributed by atoms with Gasteiger partial charge in [0, 0.05) is 37.6 Å². The molecule has 0 radical (unpaired) electrons. The molecule has 2 nitrogen and oxygen atoms in total. The van der Waals surface area contributed by atoms with Crippen molar-refractivity contribution in [2.24, 2.45) is 27.1 Å². The molecule has 4 rings (SSSR count). The average Bonchev–Trinajstić information content (AvgIpc) is 3.36. The molecule has 0 N–H and O–H groups in total. The minimum absolute atomic E-state index is 0.141. The summed E-state index contributed by atoms with van der Waals surface area (Å²) in [4.78, 5) is 30.0. The lowest BCUT2D eigenvalue weighted by Gasteiger charge is -2.33. The lowest BCUT2D eigenvalue weighted by Crippen LogP contribution is -2.28. The second-order valence-corrected chi connectivity index (χ2v) is 19.4. The Kier molecular flexibility index (Phi) is 9.56. The topological polar surface area (TPSA) is 34.1 Å². The summed E-state index contributed by atoms with van der Waals surface area (Å²) >= 11 is 1.79. The first-order valence-corrected chi connectivity index (χ1v) is 17.8. The predicted molar refractivity (Wildman–Crippen MR) is 203 cm³/mol. The van der Waals surface area contributed by atoms with Gasteiger partial charge in [-0.15, -0.1) is 11.3 Å². The van der Waals surface area contributed by atoms with E-state index in [1.54, 1.807) is 11.3 Å². The maximum atomic E-state index is 13.9. The molecule has 2 aliphatic rings. The van der Waals surface area contributed by atoms with Crippen molar-refractivity contribution in [1.82, 2.24) is 0 Å². The van der Waals surface area contributed by atoms with Crippen LogP contribution in [0.1, 0.15) is 119 Å². The van der Waals surface area contributed by atoms with E-state index in [2.05, 4.69) is 165 Å². The minimum Gasteiger partial charge on any atom is -0.289 e. The van der Waals surface area contributed by atoms with Crippen LogP contribution in [0.25, 0.3) is 11.1 Å². The average molecular weight is 649 g/mol. The van der Waals surface area contributed by atoms with Crippen molar-refractivity contribution in [3.05, 3.63) is 116 Å². The van der Waals surface area contributed by atoms with Crippen LogP contribution in [0.15, 0.2) is 100 Å². The SMILES string of the molecule is CC(C)(C)C1=CC(=C(c2ccccc2)c2ccc(C(=C3C=C(C(C)(C)C)C(=O)C(C(C)(C)C)=C3)C(C)(C)C)s2)C=C(C(C)(C)C)C1=O. The van der Waals surface area contributed by atoms with E-state index < -0.39 is 0 Å². The monoisotopic (exact) mass is 648 g/mol. The molecule has 1 heterocycles. The highest BCUT2D eigenvalue weighted by atomic mass is 32.1. The third-order valence-electron chi connectivity index (χ3n) is 8.90. The number of thiophene rings is 1. The predicted octanol–water partition coefficient (Wildman–Crippen LogP) is 12.4. The zero-order valence-corrected chi connectivity index (χ0v) is 32.4. The Morgan fingerprint density at radius 2 is 0.830 bits per heavy atom. The van der Waals surface area contributed by atoms with E-state index in [-0.39, 0.29) is 38.6 Å². The number of carbonyl (C=O) groups is 2. The first-order chi connectivity index (χ1) is 21.3. The fourth-order valence-corrected chi connectivity index (χ4v) is 7.76. The first-order valence-electron chi connectivity index (χ1n) is 16.9. The van der Waals surface area contributed by atoms with Gasteiger partial charge in [0.1, 0.15) is 0 Å². The van der Waals surface area contributed by atoms with Crippen LogP contribution >= 0.6 is 11.3 Å². The highest BCUT2D eigenvalue weighted by Crippen LogP contribution is 2.48. The van der Waals surface area contributed by atoms with Gasteiger partial charge in [-0.1, -0.05) is 134 Å². The van der Waals surface area contributed by atoms with E-state index in [4.69, 9.17) is 0 Å². The molecule has 1 aromatic heterocycles. The number of rotatable bonds is 3. The summed E-state index contributed by atoms with van der Waals surface area (Å²) in [7, 11) is 0. The molecule has 0 aliphatic heterocycles. The summed E-state index contributed by atoms with van der Waals surface area (Å²) in [6.07, 6.45) is 8.56. The lowest BCUT2D eigenvalue weighted by molar-refractivity contribution is -0.114. The number of carbonyl (C=O) groups excluding carboxylic acids is 2. The Labute approximate surface area is 289 Å². The van der Waals surface area contributed by atoms with Crippen molar-refractivity contribution in [2.75, 3.05) is 0 Å². The van der Waals surface area contributed by atoms with Crippen LogP contribution in [-0.4, -0.2) is 11.6 Å². The molecule has 0 unspecified atom stereocenters. The fourth-order valence-electron chi connectivity index (χ4n) is 6.38. The third kappa shape index (κ3) is 7.72. The molecule has 2 aromatic rings. The van der Waals surface area contributed by atoms with Gasteiger partial charge in [0.25, 0.3) is 0 Å². The van der Waals surface area contributed by atoms with Crippen molar-refractivity contribution in [1.29, 1.82) is 0 Å². The molecule has 250 valence electrons. The molecular formula is C44H56O2S. The largest absolute Gasteiger partial charge is 0.289 e. The molecule has 0 amide bonds. The van der Waals surface area contributed by atoms with Crippen LogP contribution in [0.5, 0.6) is 0 Å². The van der Waals surface area contributed by atoms with Gasteiger partial charge in [0.15, 0.2) is 11.6 Å². The number of benzene rings is 1. The van der Waals surface area contributed by atoms with Crippen LogP contribution in [0.3, 0.4) is 0 Å². The summed E-state index contributed by atoms with van der Waals surface area (Å²) in [5.74, 6) is 0.294. The Bertz CT molecular complexity index is 1700. The zero-order chi connectivity index (χ0) is 35.5. The van der Waals surface area contributed by atoms with Gasteiger partial charge in [0.2, 0.25) is 0 Å². The first kappa shape index (κ1) is 36.5. The van der Waals surface area contributed by atoms with E-state index in [0.717, 1.165) is 49.5 Å². The van der Waals surface area contributed by atoms with Gasteiger partial charge in [-0.3, -0.25) is 9.59 Å². The second kappa shape index (κ2) is 12.3. The van der Waals surface area contributed by atoms with Crippen LogP contribution in [0, 0.1) is 27.1 Å². The molecule has 0 fully saturated rings. The number of Topliss-reactive ketones (excluding diaryl/α,β-unsaturated/α-hetero) is 2. The van der Waals surface area contributed by atoms with Gasteiger partial charge in [-0.05, 0) is 85.8 Å². The van der Waals surface area contributed by atoms with Crippen molar-refractivity contribution >= 4 is 34.0 Å². The van der Waals surface area contributed by atoms with Crippen molar-refractivity contribution < 1.29 is 9.59 Å². The van der Waals surface area contributed by atoms with Crippen molar-refractivity contribution in [3.63, 3.8) is 0 Å². The summed E-state index contributed by atoms with van der Waals surface area (Å²) in [5.41, 5.74) is 7.71. The molecule has 0 saturated heterocycles. The van der Waals surface area contributed by atoms with Crippen LogP contribution in [0.4, 0.5) is 0 Å². The van der Waals surface area contributed by atoms with E-state index in [1.807, 2.05) is 6.07 Å². The fraction of sp³-hybridized carbons (Fsp3) is 0.455. The van der Waals surface area contributed by atoms with Gasteiger partial charge >= 0.3 is 0 Å². The smallest absolute Gasteiger partial charge is 0.186 e. The molecular weight excluding hydrogens is 593 g/mol. The van der Waals surface area contributed by atoms with E-state index >= 15 is 0 Å². The standard InChI is InChI=1S/C44H56O2S/c1-40(2,3)30-23-28(24-31(38(30)45)41(4,5)6)36(27-19-17-16-18-20-27)34-21-22-35(47-34)37(44(13,14)15)29-25-32(42(7,8)9)39(46)33(26-29)43(10,11)12/h16-26H,1-15H3. The molecule has 2 aliphatic carbocycles. The Balaban J connectivity index is 2.09. The van der Waals surface area contributed by atoms with Crippen LogP contribution in [0.2, 0.25) is 0 Å². The number of hydrogen-bond acceptors (Lipinski definition) is 3. The quantitative estimate of drug-likeness (QED) is 0.332. The minimum atomic E-state index is -0.300. The normalized spacial score (nSPS) is 16.9. The summed E-state index contributed by atoms with van der Waals surface area (Å²) in [6, 6.07) is 15.0. The molecule has 47 heavy (non-hydrogen) atoms. The van der Waals surface area contributed by atoms with Gasteiger partial charge in [-0.2, -0.15) is 0 Å². The van der Waals surface area contributed by atoms with E-state index in [0.29, 0.717) is 0 Å². The highest BCUT2D eigenvalue weighted by molar-refractivity contribution is 7.14.